The number of aliphatic hydroxyl groups is 3. The highest BCUT2D eigenvalue weighted by Crippen LogP contribution is 2.40. The first kappa shape index (κ1) is 12.4. The maximum absolute atomic E-state index is 11.5. The second-order valence-electron chi connectivity index (χ2n) is 3.75. The number of hydrogen-bond acceptors (Lipinski definition) is 6. The van der Waals surface area contributed by atoms with E-state index in [0.29, 0.717) is 0 Å². The van der Waals surface area contributed by atoms with Crippen LogP contribution in [0.1, 0.15) is 5.37 Å². The fourth-order valence-corrected chi connectivity index (χ4v) is 3.12. The van der Waals surface area contributed by atoms with Gasteiger partial charge in [-0.3, -0.25) is 14.3 Å². The van der Waals surface area contributed by atoms with Gasteiger partial charge in [0.05, 0.1) is 18.0 Å². The molecule has 0 bridgehead atoms. The van der Waals surface area contributed by atoms with Gasteiger partial charge in [-0.05, 0) is 0 Å². The lowest BCUT2D eigenvalue weighted by atomic mass is 10.1. The smallest absolute Gasteiger partial charge is 0.329 e. The summed E-state index contributed by atoms with van der Waals surface area (Å²) in [6.07, 6.45) is -1.01. The van der Waals surface area contributed by atoms with Crippen LogP contribution in [0.2, 0.25) is 0 Å². The van der Waals surface area contributed by atoms with E-state index >= 15 is 0 Å². The standard InChI is InChI=1S/C9H12N2O5S/c12-3-4-6(14)7(15)8(17-4)11-2-1-5(13)10-9(11)16/h1-2,4,6-8,12,14-15H,3H2,(H,10,13,16)/t4-,6-,7?,8-/m1/s1. The van der Waals surface area contributed by atoms with Crippen LogP contribution in [-0.2, 0) is 0 Å². The lowest BCUT2D eigenvalue weighted by Gasteiger charge is -2.17. The van der Waals surface area contributed by atoms with Crippen molar-refractivity contribution in [3.8, 4) is 0 Å². The van der Waals surface area contributed by atoms with E-state index in [1.165, 1.54) is 6.20 Å². The van der Waals surface area contributed by atoms with Gasteiger partial charge in [0.15, 0.2) is 0 Å². The van der Waals surface area contributed by atoms with Gasteiger partial charge in [-0.1, -0.05) is 0 Å². The van der Waals surface area contributed by atoms with Crippen LogP contribution in [-0.4, -0.2) is 48.9 Å². The second-order valence-corrected chi connectivity index (χ2v) is 5.11. The maximum atomic E-state index is 11.5. The van der Waals surface area contributed by atoms with Gasteiger partial charge in [0.25, 0.3) is 5.56 Å². The SMILES string of the molecule is O=c1ccn([C@@H]2S[C@H](CO)[C@@H](O)C2O)c(=O)[nH]1. The fraction of sp³-hybridized carbons (Fsp3) is 0.556. The van der Waals surface area contributed by atoms with Crippen LogP contribution in [0.15, 0.2) is 21.9 Å². The number of aromatic amines is 1. The highest BCUT2D eigenvalue weighted by molar-refractivity contribution is 8.00. The molecule has 7 nitrogen and oxygen atoms in total. The summed E-state index contributed by atoms with van der Waals surface area (Å²) in [6.45, 7) is -0.294. The first-order chi connectivity index (χ1) is 8.04. The normalized spacial score (nSPS) is 32.9. The zero-order valence-corrected chi connectivity index (χ0v) is 9.50. The fourth-order valence-electron chi connectivity index (χ4n) is 1.74. The van der Waals surface area contributed by atoms with Crippen LogP contribution < -0.4 is 11.2 Å². The summed E-state index contributed by atoms with van der Waals surface area (Å²) >= 11 is 1.09. The predicted molar refractivity (Wildman–Crippen MR) is 60.8 cm³/mol. The zero-order valence-electron chi connectivity index (χ0n) is 8.68. The van der Waals surface area contributed by atoms with E-state index in [0.717, 1.165) is 22.4 Å². The van der Waals surface area contributed by atoms with Crippen molar-refractivity contribution >= 4 is 11.8 Å². The van der Waals surface area contributed by atoms with Gasteiger partial charge >= 0.3 is 5.69 Å². The number of rotatable bonds is 2. The van der Waals surface area contributed by atoms with E-state index in [1.807, 2.05) is 0 Å². The van der Waals surface area contributed by atoms with Crippen molar-refractivity contribution in [3.63, 3.8) is 0 Å². The Labute approximate surface area is 99.7 Å². The average molecular weight is 260 g/mol. The van der Waals surface area contributed by atoms with Crippen molar-refractivity contribution in [3.05, 3.63) is 33.1 Å². The molecule has 1 aromatic rings. The van der Waals surface area contributed by atoms with E-state index in [-0.39, 0.29) is 6.61 Å². The van der Waals surface area contributed by atoms with Gasteiger partial charge in [-0.2, -0.15) is 0 Å². The quantitative estimate of drug-likeness (QED) is 0.482. The lowest BCUT2D eigenvalue weighted by molar-refractivity contribution is 0.0101. The molecule has 2 rings (SSSR count). The first-order valence-corrected chi connectivity index (χ1v) is 5.93. The van der Waals surface area contributed by atoms with E-state index < -0.39 is 34.1 Å². The molecule has 1 saturated heterocycles. The number of nitrogens with one attached hydrogen (secondary N) is 1. The topological polar surface area (TPSA) is 116 Å². The first-order valence-electron chi connectivity index (χ1n) is 4.98. The summed E-state index contributed by atoms with van der Waals surface area (Å²) in [5.74, 6) is 0. The number of H-pyrrole nitrogens is 1. The van der Waals surface area contributed by atoms with Crippen LogP contribution in [0.25, 0.3) is 0 Å². The number of aliphatic hydroxyl groups excluding tert-OH is 3. The lowest BCUT2D eigenvalue weighted by Crippen LogP contribution is -2.37. The third-order valence-electron chi connectivity index (χ3n) is 2.64. The monoisotopic (exact) mass is 260 g/mol. The predicted octanol–water partition coefficient (Wildman–Crippen LogP) is -2.14. The molecular formula is C9H12N2O5S. The van der Waals surface area contributed by atoms with Crippen LogP contribution in [0.5, 0.6) is 0 Å². The maximum Gasteiger partial charge on any atom is 0.329 e. The third-order valence-corrected chi connectivity index (χ3v) is 4.20. The molecule has 0 saturated carbocycles. The highest BCUT2D eigenvalue weighted by Gasteiger charge is 2.43. The van der Waals surface area contributed by atoms with Crippen molar-refractivity contribution in [2.24, 2.45) is 0 Å². The number of nitrogens with zero attached hydrogens (tertiary/aromatic N) is 1. The van der Waals surface area contributed by atoms with Crippen molar-refractivity contribution in [2.45, 2.75) is 22.8 Å². The Morgan fingerprint density at radius 3 is 2.59 bits per heavy atom. The molecule has 2 heterocycles. The molecule has 0 radical (unpaired) electrons. The van der Waals surface area contributed by atoms with Gasteiger partial charge in [0, 0.05) is 12.3 Å². The van der Waals surface area contributed by atoms with Gasteiger partial charge in [0.2, 0.25) is 0 Å². The second kappa shape index (κ2) is 4.65. The number of thioether (sulfide) groups is 1. The Kier molecular flexibility index (Phi) is 3.38. The Morgan fingerprint density at radius 1 is 1.35 bits per heavy atom. The summed E-state index contributed by atoms with van der Waals surface area (Å²) in [5.41, 5.74) is -1.18. The molecule has 1 aromatic heterocycles. The number of aromatic nitrogens is 2. The van der Waals surface area contributed by atoms with Crippen molar-refractivity contribution < 1.29 is 15.3 Å². The van der Waals surface area contributed by atoms with Crippen molar-refractivity contribution in [1.29, 1.82) is 0 Å². The van der Waals surface area contributed by atoms with Gasteiger partial charge in [-0.25, -0.2) is 4.79 Å². The summed E-state index contributed by atoms with van der Waals surface area (Å²) in [4.78, 5) is 24.5. The molecule has 1 aliphatic rings. The Bertz CT molecular complexity index is 513. The summed E-state index contributed by atoms with van der Waals surface area (Å²) in [6, 6.07) is 1.16. The van der Waals surface area contributed by atoms with Crippen LogP contribution >= 0.6 is 11.8 Å². The summed E-state index contributed by atoms with van der Waals surface area (Å²) in [5, 5.41) is 27.1. The van der Waals surface area contributed by atoms with Gasteiger partial charge < -0.3 is 15.3 Å². The van der Waals surface area contributed by atoms with E-state index in [1.54, 1.807) is 0 Å². The summed E-state index contributed by atoms with van der Waals surface area (Å²) in [7, 11) is 0. The highest BCUT2D eigenvalue weighted by atomic mass is 32.2. The molecule has 1 unspecified atom stereocenters. The molecule has 0 amide bonds. The van der Waals surface area contributed by atoms with E-state index in [4.69, 9.17) is 5.11 Å². The Morgan fingerprint density at radius 2 is 2.06 bits per heavy atom. The molecule has 4 atom stereocenters. The van der Waals surface area contributed by atoms with E-state index in [2.05, 4.69) is 4.98 Å². The van der Waals surface area contributed by atoms with Gasteiger partial charge in [0.1, 0.15) is 11.5 Å². The molecule has 8 heteroatoms. The molecule has 0 aromatic carbocycles. The number of hydrogen-bond donors (Lipinski definition) is 4. The molecule has 94 valence electrons. The van der Waals surface area contributed by atoms with E-state index in [9.17, 15) is 19.8 Å². The molecule has 0 spiro atoms. The minimum atomic E-state index is -1.17. The van der Waals surface area contributed by atoms with Gasteiger partial charge in [-0.15, -0.1) is 11.8 Å². The van der Waals surface area contributed by atoms with Crippen molar-refractivity contribution in [1.82, 2.24) is 9.55 Å². The van der Waals surface area contributed by atoms with Crippen LogP contribution in [0.3, 0.4) is 0 Å². The minimum Gasteiger partial charge on any atom is -0.395 e. The third kappa shape index (κ3) is 2.16. The molecule has 1 fully saturated rings. The Hall–Kier alpha value is -1.09. The van der Waals surface area contributed by atoms with Crippen LogP contribution in [0.4, 0.5) is 0 Å². The minimum absolute atomic E-state index is 0.294. The van der Waals surface area contributed by atoms with Crippen molar-refractivity contribution in [2.75, 3.05) is 6.61 Å². The van der Waals surface area contributed by atoms with Crippen LogP contribution in [0, 0.1) is 0 Å². The average Bonchev–Trinajstić information content (AvgIpc) is 2.57. The molecule has 17 heavy (non-hydrogen) atoms. The largest absolute Gasteiger partial charge is 0.395 e. The molecular weight excluding hydrogens is 248 g/mol. The molecule has 0 aliphatic carbocycles. The summed E-state index contributed by atoms with van der Waals surface area (Å²) < 4.78 is 1.13. The molecule has 4 N–H and O–H groups in total. The molecule has 1 aliphatic heterocycles. The Balaban J connectivity index is 2.35. The zero-order chi connectivity index (χ0) is 12.6.